The van der Waals surface area contributed by atoms with Crippen molar-refractivity contribution in [2.45, 2.75) is 50.7 Å². The molecule has 1 aromatic heterocycles. The van der Waals surface area contributed by atoms with Gasteiger partial charge in [-0.25, -0.2) is 0 Å². The lowest BCUT2D eigenvalue weighted by Crippen LogP contribution is -2.55. The Hall–Kier alpha value is -4.39. The summed E-state index contributed by atoms with van der Waals surface area (Å²) in [5, 5.41) is 10.1. The monoisotopic (exact) mass is 522 g/mol. The predicted octanol–water partition coefficient (Wildman–Crippen LogP) is 4.50. The molecule has 0 spiro atoms. The van der Waals surface area contributed by atoms with Crippen molar-refractivity contribution in [3.05, 3.63) is 108 Å². The van der Waals surface area contributed by atoms with Crippen molar-refractivity contribution < 1.29 is 14.4 Å². The van der Waals surface area contributed by atoms with Crippen LogP contribution in [0.3, 0.4) is 0 Å². The maximum absolute atomic E-state index is 13.6. The number of rotatable bonds is 9. The largest absolute Gasteiger partial charge is 0.360 e. The van der Waals surface area contributed by atoms with Crippen molar-refractivity contribution in [2.24, 2.45) is 5.92 Å². The fraction of sp³-hybridized carbons (Fsp3) is 0.281. The predicted molar refractivity (Wildman–Crippen MR) is 152 cm³/mol. The lowest BCUT2D eigenvalue weighted by molar-refractivity contribution is -0.128. The van der Waals surface area contributed by atoms with Gasteiger partial charge in [-0.2, -0.15) is 0 Å². The SMILES string of the molecule is O=C(Cc1ccccc1)NC(Cc1ccccc1)NC(=O)C1CCCCC1NC(=O)c1c[nH]c2ccccc12. The van der Waals surface area contributed by atoms with Crippen LogP contribution in [0.4, 0.5) is 0 Å². The van der Waals surface area contributed by atoms with Gasteiger partial charge in [0.15, 0.2) is 0 Å². The summed E-state index contributed by atoms with van der Waals surface area (Å²) in [4.78, 5) is 42.9. The van der Waals surface area contributed by atoms with Gasteiger partial charge in [-0.15, -0.1) is 0 Å². The molecule has 3 atom stereocenters. The molecule has 1 heterocycles. The molecule has 0 saturated heterocycles. The van der Waals surface area contributed by atoms with E-state index in [4.69, 9.17) is 0 Å². The van der Waals surface area contributed by atoms with Crippen LogP contribution in [-0.4, -0.2) is 34.9 Å². The van der Waals surface area contributed by atoms with E-state index >= 15 is 0 Å². The molecular formula is C32H34N4O3. The van der Waals surface area contributed by atoms with Gasteiger partial charge in [-0.05, 0) is 30.0 Å². The average molecular weight is 523 g/mol. The minimum absolute atomic E-state index is 0.153. The highest BCUT2D eigenvalue weighted by atomic mass is 16.2. The molecule has 4 N–H and O–H groups in total. The first-order valence-corrected chi connectivity index (χ1v) is 13.6. The van der Waals surface area contributed by atoms with E-state index in [9.17, 15) is 14.4 Å². The van der Waals surface area contributed by atoms with Crippen LogP contribution in [0.1, 0.15) is 47.2 Å². The zero-order chi connectivity index (χ0) is 27.0. The van der Waals surface area contributed by atoms with Crippen molar-refractivity contribution >= 4 is 28.6 Å². The molecule has 0 radical (unpaired) electrons. The van der Waals surface area contributed by atoms with Gasteiger partial charge in [0.1, 0.15) is 6.17 Å². The summed E-state index contributed by atoms with van der Waals surface area (Å²) in [7, 11) is 0. The summed E-state index contributed by atoms with van der Waals surface area (Å²) >= 11 is 0. The normalized spacial score (nSPS) is 17.7. The van der Waals surface area contributed by atoms with Crippen molar-refractivity contribution in [2.75, 3.05) is 0 Å². The number of H-pyrrole nitrogens is 1. The maximum Gasteiger partial charge on any atom is 0.253 e. The topological polar surface area (TPSA) is 103 Å². The molecule has 4 aromatic rings. The second-order valence-electron chi connectivity index (χ2n) is 10.2. The van der Waals surface area contributed by atoms with E-state index in [1.165, 1.54) is 0 Å². The van der Waals surface area contributed by atoms with E-state index in [0.717, 1.165) is 41.3 Å². The van der Waals surface area contributed by atoms with Gasteiger partial charge < -0.3 is 20.9 Å². The zero-order valence-corrected chi connectivity index (χ0v) is 21.9. The number of carbonyl (C=O) groups is 3. The standard InChI is InChI=1S/C32H34N4O3/c37-30(20-23-13-5-2-6-14-23)35-29(19-22-11-3-1-4-12-22)36-31(38)25-16-8-10-18-28(25)34-32(39)26-21-33-27-17-9-7-15-24(26)27/h1-7,9,11-15,17,21,25,28-29,33H,8,10,16,18-20H2,(H,34,39)(H,35,37)(H,36,38). The van der Waals surface area contributed by atoms with Crippen LogP contribution < -0.4 is 16.0 Å². The fourth-order valence-electron chi connectivity index (χ4n) is 5.42. The zero-order valence-electron chi connectivity index (χ0n) is 21.9. The van der Waals surface area contributed by atoms with E-state index in [1.54, 1.807) is 6.20 Å². The van der Waals surface area contributed by atoms with Crippen LogP contribution in [-0.2, 0) is 22.4 Å². The lowest BCUT2D eigenvalue weighted by atomic mass is 9.83. The highest BCUT2D eigenvalue weighted by Gasteiger charge is 2.33. The molecule has 200 valence electrons. The number of fused-ring (bicyclic) bond motifs is 1. The van der Waals surface area contributed by atoms with Gasteiger partial charge in [0, 0.05) is 29.6 Å². The number of aromatic nitrogens is 1. The van der Waals surface area contributed by atoms with E-state index in [2.05, 4.69) is 20.9 Å². The Balaban J connectivity index is 1.28. The third-order valence-corrected chi connectivity index (χ3v) is 7.39. The van der Waals surface area contributed by atoms with Crippen LogP contribution >= 0.6 is 0 Å². The first kappa shape index (κ1) is 26.2. The van der Waals surface area contributed by atoms with E-state index < -0.39 is 6.17 Å². The number of amides is 3. The van der Waals surface area contributed by atoms with Crippen molar-refractivity contribution in [1.82, 2.24) is 20.9 Å². The van der Waals surface area contributed by atoms with Crippen molar-refractivity contribution in [3.8, 4) is 0 Å². The van der Waals surface area contributed by atoms with Crippen molar-refractivity contribution in [3.63, 3.8) is 0 Å². The van der Waals surface area contributed by atoms with E-state index in [1.807, 2.05) is 84.9 Å². The van der Waals surface area contributed by atoms with Crippen LogP contribution in [0, 0.1) is 5.92 Å². The number of aromatic amines is 1. The smallest absolute Gasteiger partial charge is 0.253 e. The Morgan fingerprint density at radius 2 is 1.46 bits per heavy atom. The second kappa shape index (κ2) is 12.4. The molecule has 1 aliphatic carbocycles. The van der Waals surface area contributed by atoms with E-state index in [0.29, 0.717) is 18.4 Å². The highest BCUT2D eigenvalue weighted by Crippen LogP contribution is 2.26. The summed E-state index contributed by atoms with van der Waals surface area (Å²) < 4.78 is 0. The Morgan fingerprint density at radius 3 is 2.23 bits per heavy atom. The summed E-state index contributed by atoms with van der Waals surface area (Å²) in [6, 6.07) is 26.7. The Bertz CT molecular complexity index is 1420. The van der Waals surface area contributed by atoms with Gasteiger partial charge in [-0.3, -0.25) is 14.4 Å². The van der Waals surface area contributed by atoms with Gasteiger partial charge in [0.25, 0.3) is 5.91 Å². The summed E-state index contributed by atoms with van der Waals surface area (Å²) in [6.07, 6.45) is 5.13. The third kappa shape index (κ3) is 6.74. The number of hydrogen-bond donors (Lipinski definition) is 4. The molecule has 5 rings (SSSR count). The molecule has 3 amide bonds. The molecule has 7 heteroatoms. The van der Waals surface area contributed by atoms with Gasteiger partial charge in [0.2, 0.25) is 11.8 Å². The van der Waals surface area contributed by atoms with Crippen LogP contribution in [0.25, 0.3) is 10.9 Å². The Kier molecular flexibility index (Phi) is 8.36. The molecule has 3 unspecified atom stereocenters. The van der Waals surface area contributed by atoms with Gasteiger partial charge in [-0.1, -0.05) is 91.7 Å². The fourth-order valence-corrected chi connectivity index (χ4v) is 5.42. The molecule has 0 bridgehead atoms. The third-order valence-electron chi connectivity index (χ3n) is 7.39. The number of hydrogen-bond acceptors (Lipinski definition) is 3. The molecule has 1 aliphatic rings. The number of benzene rings is 3. The molecule has 0 aliphatic heterocycles. The van der Waals surface area contributed by atoms with Crippen LogP contribution in [0.5, 0.6) is 0 Å². The molecule has 1 fully saturated rings. The first-order chi connectivity index (χ1) is 19.1. The van der Waals surface area contributed by atoms with Crippen LogP contribution in [0.15, 0.2) is 91.1 Å². The van der Waals surface area contributed by atoms with Gasteiger partial charge in [0.05, 0.1) is 17.9 Å². The molecule has 1 saturated carbocycles. The summed E-state index contributed by atoms with van der Waals surface area (Å²) in [6.45, 7) is 0. The second-order valence-corrected chi connectivity index (χ2v) is 10.2. The average Bonchev–Trinajstić information content (AvgIpc) is 3.39. The lowest BCUT2D eigenvalue weighted by Gasteiger charge is -2.32. The van der Waals surface area contributed by atoms with E-state index in [-0.39, 0.29) is 36.1 Å². The summed E-state index contributed by atoms with van der Waals surface area (Å²) in [5.41, 5.74) is 3.39. The Morgan fingerprint density at radius 1 is 0.795 bits per heavy atom. The molecular weight excluding hydrogens is 488 g/mol. The Labute approximate surface area is 228 Å². The molecule has 3 aromatic carbocycles. The summed E-state index contributed by atoms with van der Waals surface area (Å²) in [5.74, 6) is -0.874. The van der Waals surface area contributed by atoms with Gasteiger partial charge >= 0.3 is 0 Å². The van der Waals surface area contributed by atoms with Crippen LogP contribution in [0.2, 0.25) is 0 Å². The maximum atomic E-state index is 13.6. The quantitative estimate of drug-likeness (QED) is 0.243. The number of para-hydroxylation sites is 1. The first-order valence-electron chi connectivity index (χ1n) is 13.6. The minimum atomic E-state index is -0.567. The number of carbonyl (C=O) groups excluding carboxylic acids is 3. The minimum Gasteiger partial charge on any atom is -0.360 e. The molecule has 39 heavy (non-hydrogen) atoms. The number of nitrogens with one attached hydrogen (secondary N) is 4. The highest BCUT2D eigenvalue weighted by molar-refractivity contribution is 6.07. The van der Waals surface area contributed by atoms with Crippen molar-refractivity contribution in [1.29, 1.82) is 0 Å². The molecule has 7 nitrogen and oxygen atoms in total.